The number of hydrogen-bond acceptors (Lipinski definition) is 3. The summed E-state index contributed by atoms with van der Waals surface area (Å²) in [6.07, 6.45) is 1.10. The summed E-state index contributed by atoms with van der Waals surface area (Å²) in [5.41, 5.74) is 10.3. The van der Waals surface area contributed by atoms with Gasteiger partial charge in [0, 0.05) is 24.0 Å². The van der Waals surface area contributed by atoms with Crippen LogP contribution in [0, 0.1) is 0 Å². The Morgan fingerprint density at radius 1 is 1.32 bits per heavy atom. The zero-order chi connectivity index (χ0) is 13.2. The fourth-order valence-electron chi connectivity index (χ4n) is 2.36. The highest BCUT2D eigenvalue weighted by atomic mass is 32.1. The quantitative estimate of drug-likeness (QED) is 0.787. The van der Waals surface area contributed by atoms with Crippen LogP contribution in [0.2, 0.25) is 0 Å². The summed E-state index contributed by atoms with van der Waals surface area (Å²) in [7, 11) is 0. The molecule has 0 spiro atoms. The van der Waals surface area contributed by atoms with E-state index in [4.69, 9.17) is 10.7 Å². The molecule has 4 heteroatoms. The third-order valence-electron chi connectivity index (χ3n) is 3.27. The number of nitrogens with two attached hydrogens (primary N) is 1. The Labute approximate surface area is 116 Å². The van der Waals surface area contributed by atoms with E-state index in [0.717, 1.165) is 29.9 Å². The summed E-state index contributed by atoms with van der Waals surface area (Å²) in [6, 6.07) is 8.45. The van der Waals surface area contributed by atoms with Crippen LogP contribution in [0.5, 0.6) is 0 Å². The first kappa shape index (κ1) is 12.4. The summed E-state index contributed by atoms with van der Waals surface area (Å²) >= 11 is 1.71. The second-order valence-corrected chi connectivity index (χ2v) is 5.41. The SMILES string of the molecule is CCCn1c(-c2ccsc2)nc2cc(CN)ccc21. The van der Waals surface area contributed by atoms with Crippen LogP contribution in [-0.2, 0) is 13.1 Å². The Balaban J connectivity index is 2.22. The monoisotopic (exact) mass is 271 g/mol. The number of rotatable bonds is 4. The lowest BCUT2D eigenvalue weighted by Gasteiger charge is -2.06. The molecule has 3 aromatic rings. The maximum absolute atomic E-state index is 5.71. The van der Waals surface area contributed by atoms with Crippen molar-refractivity contribution in [3.63, 3.8) is 0 Å². The Morgan fingerprint density at radius 2 is 2.21 bits per heavy atom. The van der Waals surface area contributed by atoms with E-state index in [9.17, 15) is 0 Å². The van der Waals surface area contributed by atoms with Crippen LogP contribution in [0.3, 0.4) is 0 Å². The van der Waals surface area contributed by atoms with Crippen molar-refractivity contribution >= 4 is 22.4 Å². The molecule has 0 saturated carbocycles. The standard InChI is InChI=1S/C15H17N3S/c1-2-6-18-14-4-3-11(9-16)8-13(14)17-15(18)12-5-7-19-10-12/h3-5,7-8,10H,2,6,9,16H2,1H3. The minimum atomic E-state index is 0.560. The van der Waals surface area contributed by atoms with Gasteiger partial charge in [-0.25, -0.2) is 4.98 Å². The maximum atomic E-state index is 5.71. The Kier molecular flexibility index (Phi) is 3.36. The maximum Gasteiger partial charge on any atom is 0.141 e. The molecule has 0 aliphatic heterocycles. The average molecular weight is 271 g/mol. The van der Waals surface area contributed by atoms with Gasteiger partial charge >= 0.3 is 0 Å². The molecule has 3 rings (SSSR count). The summed E-state index contributed by atoms with van der Waals surface area (Å²) in [5, 5.41) is 4.24. The number of aromatic nitrogens is 2. The molecule has 0 saturated heterocycles. The fraction of sp³-hybridized carbons (Fsp3) is 0.267. The van der Waals surface area contributed by atoms with Crippen molar-refractivity contribution in [1.29, 1.82) is 0 Å². The van der Waals surface area contributed by atoms with Gasteiger partial charge in [0.1, 0.15) is 5.82 Å². The van der Waals surface area contributed by atoms with E-state index in [1.165, 1.54) is 11.1 Å². The first-order valence-corrected chi connectivity index (χ1v) is 7.49. The Morgan fingerprint density at radius 3 is 2.89 bits per heavy atom. The third kappa shape index (κ3) is 2.17. The predicted molar refractivity (Wildman–Crippen MR) is 81.2 cm³/mol. The molecule has 0 aliphatic carbocycles. The van der Waals surface area contributed by atoms with E-state index in [-0.39, 0.29) is 0 Å². The highest BCUT2D eigenvalue weighted by Gasteiger charge is 2.12. The molecule has 19 heavy (non-hydrogen) atoms. The highest BCUT2D eigenvalue weighted by Crippen LogP contribution is 2.27. The van der Waals surface area contributed by atoms with Crippen molar-refractivity contribution in [2.75, 3.05) is 0 Å². The Hall–Kier alpha value is -1.65. The smallest absolute Gasteiger partial charge is 0.141 e. The van der Waals surface area contributed by atoms with Crippen LogP contribution in [0.15, 0.2) is 35.0 Å². The molecule has 98 valence electrons. The van der Waals surface area contributed by atoms with Crippen LogP contribution < -0.4 is 5.73 Å². The van der Waals surface area contributed by atoms with E-state index in [1.54, 1.807) is 11.3 Å². The number of imidazole rings is 1. The molecule has 3 nitrogen and oxygen atoms in total. The van der Waals surface area contributed by atoms with E-state index < -0.39 is 0 Å². The number of thiophene rings is 1. The van der Waals surface area contributed by atoms with Crippen molar-refractivity contribution in [2.24, 2.45) is 5.73 Å². The molecular weight excluding hydrogens is 254 g/mol. The number of nitrogens with zero attached hydrogens (tertiary/aromatic N) is 2. The van der Waals surface area contributed by atoms with Gasteiger partial charge in [0.15, 0.2) is 0 Å². The Bertz CT molecular complexity index is 683. The minimum Gasteiger partial charge on any atom is -0.326 e. The van der Waals surface area contributed by atoms with Crippen molar-refractivity contribution in [2.45, 2.75) is 26.4 Å². The van der Waals surface area contributed by atoms with Crippen LogP contribution >= 0.6 is 11.3 Å². The minimum absolute atomic E-state index is 0.560. The van der Waals surface area contributed by atoms with E-state index in [0.29, 0.717) is 6.54 Å². The third-order valence-corrected chi connectivity index (χ3v) is 3.96. The van der Waals surface area contributed by atoms with Gasteiger partial charge in [-0.15, -0.1) is 0 Å². The van der Waals surface area contributed by atoms with Gasteiger partial charge < -0.3 is 10.3 Å². The molecule has 1 aromatic carbocycles. The number of benzene rings is 1. The zero-order valence-corrected chi connectivity index (χ0v) is 11.8. The van der Waals surface area contributed by atoms with E-state index in [2.05, 4.69) is 46.5 Å². The lowest BCUT2D eigenvalue weighted by Crippen LogP contribution is -1.99. The van der Waals surface area contributed by atoms with Crippen molar-refractivity contribution < 1.29 is 0 Å². The van der Waals surface area contributed by atoms with Crippen LogP contribution in [0.4, 0.5) is 0 Å². The number of hydrogen-bond donors (Lipinski definition) is 1. The second kappa shape index (κ2) is 5.15. The summed E-state index contributed by atoms with van der Waals surface area (Å²) < 4.78 is 2.30. The van der Waals surface area contributed by atoms with Crippen molar-refractivity contribution in [3.8, 4) is 11.4 Å². The van der Waals surface area contributed by atoms with Crippen molar-refractivity contribution in [1.82, 2.24) is 9.55 Å². The first-order chi connectivity index (χ1) is 9.33. The van der Waals surface area contributed by atoms with Crippen LogP contribution in [-0.4, -0.2) is 9.55 Å². The number of fused-ring (bicyclic) bond motifs is 1. The van der Waals surface area contributed by atoms with Crippen LogP contribution in [0.1, 0.15) is 18.9 Å². The highest BCUT2D eigenvalue weighted by molar-refractivity contribution is 7.08. The molecule has 0 radical (unpaired) electrons. The van der Waals surface area contributed by atoms with E-state index in [1.807, 2.05) is 0 Å². The first-order valence-electron chi connectivity index (χ1n) is 6.55. The molecule has 0 bridgehead atoms. The van der Waals surface area contributed by atoms with Gasteiger partial charge in [-0.3, -0.25) is 0 Å². The van der Waals surface area contributed by atoms with E-state index >= 15 is 0 Å². The van der Waals surface area contributed by atoms with Gasteiger partial charge in [-0.1, -0.05) is 13.0 Å². The van der Waals surface area contributed by atoms with Gasteiger partial charge in [-0.2, -0.15) is 11.3 Å². The fourth-order valence-corrected chi connectivity index (χ4v) is 3.00. The summed E-state index contributed by atoms with van der Waals surface area (Å²) in [6.45, 7) is 3.74. The van der Waals surface area contributed by atoms with Crippen LogP contribution in [0.25, 0.3) is 22.4 Å². The molecule has 0 fully saturated rings. The molecule has 2 N–H and O–H groups in total. The lowest BCUT2D eigenvalue weighted by molar-refractivity contribution is 0.704. The molecule has 2 aromatic heterocycles. The molecule has 0 unspecified atom stereocenters. The summed E-state index contributed by atoms with van der Waals surface area (Å²) in [4.78, 5) is 4.80. The van der Waals surface area contributed by atoms with Gasteiger partial charge in [-0.05, 0) is 35.6 Å². The second-order valence-electron chi connectivity index (χ2n) is 4.63. The average Bonchev–Trinajstić information content (AvgIpc) is 3.06. The molecule has 0 atom stereocenters. The topological polar surface area (TPSA) is 43.8 Å². The summed E-state index contributed by atoms with van der Waals surface area (Å²) in [5.74, 6) is 1.06. The van der Waals surface area contributed by atoms with Crippen molar-refractivity contribution in [3.05, 3.63) is 40.6 Å². The normalized spacial score (nSPS) is 11.3. The predicted octanol–water partition coefficient (Wildman–Crippen LogP) is 3.63. The molecule has 0 aliphatic rings. The lowest BCUT2D eigenvalue weighted by atomic mass is 10.2. The largest absolute Gasteiger partial charge is 0.326 e. The van der Waals surface area contributed by atoms with Gasteiger partial charge in [0.05, 0.1) is 11.0 Å². The zero-order valence-electron chi connectivity index (χ0n) is 11.0. The molecule has 2 heterocycles. The molecular formula is C15H17N3S. The number of aryl methyl sites for hydroxylation is 1. The van der Waals surface area contributed by atoms with Gasteiger partial charge in [0.2, 0.25) is 0 Å². The van der Waals surface area contributed by atoms with Gasteiger partial charge in [0.25, 0.3) is 0 Å². The molecule has 0 amide bonds.